The van der Waals surface area contributed by atoms with Crippen molar-refractivity contribution in [2.24, 2.45) is 0 Å². The molecule has 0 unspecified atom stereocenters. The number of nitrogens with zero attached hydrogens (tertiary/aromatic N) is 2. The van der Waals surface area contributed by atoms with Crippen LogP contribution in [0.15, 0.2) is 29.2 Å². The van der Waals surface area contributed by atoms with Gasteiger partial charge < -0.3 is 0 Å². The molecule has 0 bridgehead atoms. The fourth-order valence-electron chi connectivity index (χ4n) is 4.11. The molecule has 4 rings (SSSR count). The average Bonchev–Trinajstić information content (AvgIpc) is 3.20. The minimum Gasteiger partial charge on any atom is -0.264 e. The molecule has 1 aromatic heterocycles. The lowest BCUT2D eigenvalue weighted by molar-refractivity contribution is 0.592. The summed E-state index contributed by atoms with van der Waals surface area (Å²) in [6.45, 7) is 9.27. The van der Waals surface area contributed by atoms with Gasteiger partial charge in [0.1, 0.15) is 8.07 Å². The second kappa shape index (κ2) is 5.92. The molecule has 0 saturated heterocycles. The first-order valence-electron chi connectivity index (χ1n) is 9.34. The van der Waals surface area contributed by atoms with Crippen molar-refractivity contribution in [3.05, 3.63) is 46.6 Å². The van der Waals surface area contributed by atoms with Gasteiger partial charge in [-0.25, -0.2) is 8.42 Å². The third-order valence-electron chi connectivity index (χ3n) is 5.44. The van der Waals surface area contributed by atoms with Crippen molar-refractivity contribution in [3.63, 3.8) is 0 Å². The molecule has 0 radical (unpaired) electrons. The Hall–Kier alpha value is -1.66. The van der Waals surface area contributed by atoms with E-state index in [0.717, 1.165) is 42.3 Å². The van der Waals surface area contributed by atoms with Crippen molar-refractivity contribution in [2.75, 3.05) is 10.8 Å². The summed E-state index contributed by atoms with van der Waals surface area (Å²) in [7, 11) is -5.33. The van der Waals surface area contributed by atoms with Crippen LogP contribution in [0, 0.1) is 6.92 Å². The van der Waals surface area contributed by atoms with E-state index in [1.165, 1.54) is 16.8 Å². The maximum Gasteiger partial charge on any atom is 0.264 e. The fraction of sp³-hybridized carbons (Fsp3) is 0.450. The first-order chi connectivity index (χ1) is 12.2. The normalized spacial score (nSPS) is 16.7. The van der Waals surface area contributed by atoms with Crippen LogP contribution in [-0.4, -0.2) is 28.0 Å². The maximum absolute atomic E-state index is 13.4. The molecule has 0 saturated carbocycles. The van der Waals surface area contributed by atoms with Gasteiger partial charge in [-0.05, 0) is 55.9 Å². The zero-order chi connectivity index (χ0) is 18.7. The van der Waals surface area contributed by atoms with Crippen LogP contribution in [-0.2, 0) is 29.3 Å². The van der Waals surface area contributed by atoms with Gasteiger partial charge in [0.05, 0.1) is 10.6 Å². The minimum atomic E-state index is -3.55. The van der Waals surface area contributed by atoms with Gasteiger partial charge in [0.25, 0.3) is 10.0 Å². The summed E-state index contributed by atoms with van der Waals surface area (Å²) in [5, 5.41) is 1.06. The number of benzene rings is 1. The summed E-state index contributed by atoms with van der Waals surface area (Å²) in [6.07, 6.45) is 4.01. The molecule has 1 aliphatic carbocycles. The fourth-order valence-corrected chi connectivity index (χ4v) is 7.16. The molecule has 6 heteroatoms. The molecule has 2 heterocycles. The van der Waals surface area contributed by atoms with E-state index in [1.54, 1.807) is 16.4 Å². The summed E-state index contributed by atoms with van der Waals surface area (Å²) in [6, 6.07) is 7.17. The molecule has 0 spiro atoms. The zero-order valence-corrected chi connectivity index (χ0v) is 17.8. The molecular weight excluding hydrogens is 360 g/mol. The van der Waals surface area contributed by atoms with E-state index in [9.17, 15) is 8.42 Å². The van der Waals surface area contributed by atoms with Gasteiger partial charge >= 0.3 is 0 Å². The van der Waals surface area contributed by atoms with Gasteiger partial charge in [-0.2, -0.15) is 0 Å². The number of aryl methyl sites for hydroxylation is 2. The van der Waals surface area contributed by atoms with Crippen LogP contribution in [0.3, 0.4) is 0 Å². The van der Waals surface area contributed by atoms with Gasteiger partial charge in [-0.3, -0.25) is 9.29 Å². The lowest BCUT2D eigenvalue weighted by Gasteiger charge is -2.27. The molecular formula is C20H26N2O2SSi. The second-order valence-electron chi connectivity index (χ2n) is 8.46. The minimum absolute atomic E-state index is 0.373. The second-order valence-corrected chi connectivity index (χ2v) is 15.3. The van der Waals surface area contributed by atoms with Crippen LogP contribution in [0.1, 0.15) is 28.8 Å². The number of sulfonamides is 1. The van der Waals surface area contributed by atoms with Crippen molar-refractivity contribution in [2.45, 2.75) is 57.1 Å². The van der Waals surface area contributed by atoms with E-state index in [-0.39, 0.29) is 0 Å². The third kappa shape index (κ3) is 2.70. The molecule has 1 aliphatic heterocycles. The summed E-state index contributed by atoms with van der Waals surface area (Å²) in [4.78, 5) is 5.40. The van der Waals surface area contributed by atoms with Crippen LogP contribution >= 0.6 is 0 Å². The van der Waals surface area contributed by atoms with E-state index in [1.807, 2.05) is 19.1 Å². The van der Waals surface area contributed by atoms with Gasteiger partial charge in [-0.15, -0.1) is 0 Å². The van der Waals surface area contributed by atoms with Gasteiger partial charge in [0.15, 0.2) is 0 Å². The van der Waals surface area contributed by atoms with Gasteiger partial charge in [0.2, 0.25) is 0 Å². The highest BCUT2D eigenvalue weighted by molar-refractivity contribution is 7.92. The molecule has 0 N–H and O–H groups in total. The van der Waals surface area contributed by atoms with E-state index in [2.05, 4.69) is 19.6 Å². The number of fused-ring (bicyclic) bond motifs is 3. The molecule has 138 valence electrons. The van der Waals surface area contributed by atoms with Gasteiger partial charge in [-0.1, -0.05) is 37.3 Å². The Balaban J connectivity index is 1.91. The molecule has 0 atom stereocenters. The van der Waals surface area contributed by atoms with Crippen molar-refractivity contribution < 1.29 is 8.42 Å². The number of rotatable bonds is 3. The van der Waals surface area contributed by atoms with Crippen LogP contribution in [0.4, 0.5) is 5.69 Å². The summed E-state index contributed by atoms with van der Waals surface area (Å²) < 4.78 is 28.4. The monoisotopic (exact) mass is 386 g/mol. The SMILES string of the molecule is Cc1ccc(S(=O)(=O)N2CCc3c4c(nc([Si](C)(C)C)c32)CCC4)cc1. The Labute approximate surface area is 157 Å². The number of anilines is 1. The maximum atomic E-state index is 13.4. The lowest BCUT2D eigenvalue weighted by Crippen LogP contribution is -2.45. The zero-order valence-electron chi connectivity index (χ0n) is 16.0. The van der Waals surface area contributed by atoms with E-state index < -0.39 is 18.1 Å². The van der Waals surface area contributed by atoms with E-state index >= 15 is 0 Å². The first kappa shape index (κ1) is 17.7. The van der Waals surface area contributed by atoms with Gasteiger partial charge in [0, 0.05) is 17.6 Å². The Morgan fingerprint density at radius 1 is 1.00 bits per heavy atom. The molecule has 2 aromatic rings. The molecule has 4 nitrogen and oxygen atoms in total. The highest BCUT2D eigenvalue weighted by atomic mass is 32.2. The van der Waals surface area contributed by atoms with Crippen LogP contribution in [0.5, 0.6) is 0 Å². The molecule has 0 fully saturated rings. The highest BCUT2D eigenvalue weighted by Gasteiger charge is 2.39. The predicted molar refractivity (Wildman–Crippen MR) is 109 cm³/mol. The number of pyridine rings is 1. The summed E-state index contributed by atoms with van der Waals surface area (Å²) in [5.74, 6) is 0. The Morgan fingerprint density at radius 3 is 2.35 bits per heavy atom. The van der Waals surface area contributed by atoms with Crippen molar-refractivity contribution >= 4 is 29.1 Å². The first-order valence-corrected chi connectivity index (χ1v) is 14.3. The van der Waals surface area contributed by atoms with Crippen LogP contribution in [0.2, 0.25) is 19.6 Å². The molecule has 0 amide bonds. The van der Waals surface area contributed by atoms with Crippen molar-refractivity contribution in [1.82, 2.24) is 4.98 Å². The van der Waals surface area contributed by atoms with E-state index in [4.69, 9.17) is 4.98 Å². The Morgan fingerprint density at radius 2 is 1.69 bits per heavy atom. The number of hydrogen-bond acceptors (Lipinski definition) is 3. The number of aromatic nitrogens is 1. The molecule has 26 heavy (non-hydrogen) atoms. The van der Waals surface area contributed by atoms with Crippen LogP contribution in [0.25, 0.3) is 0 Å². The smallest absolute Gasteiger partial charge is 0.264 e. The largest absolute Gasteiger partial charge is 0.264 e. The van der Waals surface area contributed by atoms with Crippen LogP contribution < -0.4 is 9.62 Å². The Kier molecular flexibility index (Phi) is 4.04. The van der Waals surface area contributed by atoms with Crippen molar-refractivity contribution in [1.29, 1.82) is 0 Å². The van der Waals surface area contributed by atoms with Crippen molar-refractivity contribution in [3.8, 4) is 0 Å². The topological polar surface area (TPSA) is 50.3 Å². The Bertz CT molecular complexity index is 976. The predicted octanol–water partition coefficient (Wildman–Crippen LogP) is 3.18. The molecule has 1 aromatic carbocycles. The average molecular weight is 387 g/mol. The summed E-state index contributed by atoms with van der Waals surface area (Å²) >= 11 is 0. The standard InChI is InChI=1S/C20H26N2O2SSi/c1-14-8-10-15(11-9-14)25(23,24)22-13-12-17-16-6-5-7-18(16)21-20(19(17)22)26(2,3)4/h8-11H,5-7,12-13H2,1-4H3. The third-order valence-corrected chi connectivity index (χ3v) is 9.03. The lowest BCUT2D eigenvalue weighted by atomic mass is 10.1. The number of hydrogen-bond donors (Lipinski definition) is 0. The summed E-state index contributed by atoms with van der Waals surface area (Å²) in [5.41, 5.74) is 5.76. The van der Waals surface area contributed by atoms with E-state index in [0.29, 0.717) is 11.4 Å². The quantitative estimate of drug-likeness (QED) is 0.761. The highest BCUT2D eigenvalue weighted by Crippen LogP contribution is 2.38. The molecule has 2 aliphatic rings.